The molecular formula is C47H31N3. The molecule has 0 N–H and O–H groups in total. The van der Waals surface area contributed by atoms with Crippen LogP contribution in [0.2, 0.25) is 0 Å². The van der Waals surface area contributed by atoms with E-state index in [0.29, 0.717) is 0 Å². The third kappa shape index (κ3) is 3.95. The predicted octanol–water partition coefficient (Wildman–Crippen LogP) is 11.8. The molecule has 11 rings (SSSR count). The second-order valence-electron chi connectivity index (χ2n) is 13.6. The van der Waals surface area contributed by atoms with Crippen LogP contribution in [0.25, 0.3) is 77.2 Å². The minimum atomic E-state index is 0.200. The van der Waals surface area contributed by atoms with E-state index in [2.05, 4.69) is 179 Å². The largest absolute Gasteiger partial charge is 0.309 e. The van der Waals surface area contributed by atoms with Gasteiger partial charge >= 0.3 is 0 Å². The maximum Gasteiger partial charge on any atom is 0.137 e. The Hall–Kier alpha value is -6.45. The predicted molar refractivity (Wildman–Crippen MR) is 207 cm³/mol. The Morgan fingerprint density at radius 1 is 0.540 bits per heavy atom. The van der Waals surface area contributed by atoms with Crippen LogP contribution in [0.5, 0.6) is 0 Å². The molecule has 10 aromatic rings. The smallest absolute Gasteiger partial charge is 0.137 e. The van der Waals surface area contributed by atoms with Crippen LogP contribution in [0.1, 0.15) is 22.6 Å². The lowest BCUT2D eigenvalue weighted by molar-refractivity contribution is 0.793. The monoisotopic (exact) mass is 637 g/mol. The number of hydrogen-bond donors (Lipinski definition) is 0. The summed E-state index contributed by atoms with van der Waals surface area (Å²) in [5.74, 6) is 0.200. The van der Waals surface area contributed by atoms with Gasteiger partial charge in [0, 0.05) is 39.5 Å². The molecule has 0 aliphatic heterocycles. The molecule has 1 aliphatic carbocycles. The second-order valence-corrected chi connectivity index (χ2v) is 13.6. The zero-order valence-corrected chi connectivity index (χ0v) is 27.3. The van der Waals surface area contributed by atoms with Gasteiger partial charge in [0.05, 0.1) is 22.1 Å². The molecular weight excluding hydrogens is 607 g/mol. The highest BCUT2D eigenvalue weighted by atomic mass is 15.0. The summed E-state index contributed by atoms with van der Waals surface area (Å²) in [5.41, 5.74) is 15.9. The number of rotatable bonds is 3. The normalized spacial score (nSPS) is 14.1. The number of benzene rings is 7. The first-order valence-corrected chi connectivity index (χ1v) is 17.4. The van der Waals surface area contributed by atoms with E-state index in [0.717, 1.165) is 23.1 Å². The standard InChI is InChI=1S/C47H31N3/c1-3-15-35-30(13-1)28-41(38-18-6-5-17-37(35)38)32-25-33(27-34(26-32)50-43-21-9-7-19-39(43)40-20-8-10-22-44(40)50)42-29-31-14-2-4-16-36(31)46-47(42)49-24-12-11-23-45(49)48-46/h1-27,29,41H,28H2. The number of hydrogen-bond acceptors (Lipinski definition) is 1. The summed E-state index contributed by atoms with van der Waals surface area (Å²) in [6, 6.07) is 60.2. The van der Waals surface area contributed by atoms with E-state index in [-0.39, 0.29) is 5.92 Å². The zero-order valence-electron chi connectivity index (χ0n) is 27.3. The van der Waals surface area contributed by atoms with Crippen LogP contribution in [-0.4, -0.2) is 14.0 Å². The van der Waals surface area contributed by atoms with E-state index in [1.54, 1.807) is 0 Å². The van der Waals surface area contributed by atoms with Gasteiger partial charge in [0.1, 0.15) is 5.65 Å². The van der Waals surface area contributed by atoms with Crippen molar-refractivity contribution in [3.05, 3.63) is 187 Å². The Labute approximate surface area is 289 Å². The fraction of sp³-hybridized carbons (Fsp3) is 0.0426. The summed E-state index contributed by atoms with van der Waals surface area (Å²) in [5, 5.41) is 4.90. The van der Waals surface area contributed by atoms with E-state index in [1.165, 1.54) is 77.2 Å². The highest BCUT2D eigenvalue weighted by Gasteiger charge is 2.27. The molecule has 0 saturated heterocycles. The number of pyridine rings is 1. The van der Waals surface area contributed by atoms with Crippen molar-refractivity contribution < 1.29 is 0 Å². The van der Waals surface area contributed by atoms with Crippen molar-refractivity contribution in [1.29, 1.82) is 0 Å². The van der Waals surface area contributed by atoms with Crippen molar-refractivity contribution in [3.8, 4) is 27.9 Å². The van der Waals surface area contributed by atoms with E-state index in [1.807, 2.05) is 0 Å². The molecule has 234 valence electrons. The van der Waals surface area contributed by atoms with Gasteiger partial charge in [0.2, 0.25) is 0 Å². The molecule has 0 spiro atoms. The number of aromatic nitrogens is 3. The molecule has 1 aliphatic rings. The van der Waals surface area contributed by atoms with Crippen LogP contribution < -0.4 is 0 Å². The Morgan fingerprint density at radius 2 is 1.22 bits per heavy atom. The van der Waals surface area contributed by atoms with Crippen LogP contribution in [0.15, 0.2) is 170 Å². The summed E-state index contributed by atoms with van der Waals surface area (Å²) in [6.07, 6.45) is 3.10. The molecule has 0 bridgehead atoms. The van der Waals surface area contributed by atoms with Gasteiger partial charge in [-0.1, -0.05) is 121 Å². The molecule has 1 unspecified atom stereocenters. The number of fused-ring (bicyclic) bond motifs is 11. The van der Waals surface area contributed by atoms with Gasteiger partial charge in [-0.3, -0.25) is 4.40 Å². The minimum absolute atomic E-state index is 0.200. The molecule has 3 heterocycles. The SMILES string of the molecule is c1ccc2c(c1)CC(c1cc(-c3cc4ccccc4c4nc5ccccn5c34)cc(-n3c4ccccc4c4ccccc43)c1)c1ccccc1-2. The quantitative estimate of drug-likeness (QED) is 0.189. The van der Waals surface area contributed by atoms with E-state index in [4.69, 9.17) is 4.98 Å². The van der Waals surface area contributed by atoms with E-state index < -0.39 is 0 Å². The first-order chi connectivity index (χ1) is 24.8. The van der Waals surface area contributed by atoms with Crippen molar-refractivity contribution >= 4 is 49.3 Å². The lowest BCUT2D eigenvalue weighted by atomic mass is 9.75. The molecule has 3 aromatic heterocycles. The third-order valence-corrected chi connectivity index (χ3v) is 10.9. The summed E-state index contributed by atoms with van der Waals surface area (Å²) in [6.45, 7) is 0. The summed E-state index contributed by atoms with van der Waals surface area (Å²) < 4.78 is 4.73. The maximum atomic E-state index is 5.21. The van der Waals surface area contributed by atoms with Crippen LogP contribution in [0.4, 0.5) is 0 Å². The van der Waals surface area contributed by atoms with Gasteiger partial charge in [0.25, 0.3) is 0 Å². The van der Waals surface area contributed by atoms with Crippen molar-refractivity contribution in [2.45, 2.75) is 12.3 Å². The zero-order chi connectivity index (χ0) is 32.8. The Kier molecular flexibility index (Phi) is 5.79. The van der Waals surface area contributed by atoms with E-state index >= 15 is 0 Å². The topological polar surface area (TPSA) is 22.2 Å². The van der Waals surface area contributed by atoms with Crippen LogP contribution in [-0.2, 0) is 6.42 Å². The number of nitrogens with zero attached hydrogens (tertiary/aromatic N) is 3. The van der Waals surface area contributed by atoms with Gasteiger partial charge in [-0.2, -0.15) is 0 Å². The molecule has 7 aromatic carbocycles. The van der Waals surface area contributed by atoms with Crippen LogP contribution in [0.3, 0.4) is 0 Å². The van der Waals surface area contributed by atoms with Crippen LogP contribution >= 0.6 is 0 Å². The van der Waals surface area contributed by atoms with E-state index in [9.17, 15) is 0 Å². The van der Waals surface area contributed by atoms with Gasteiger partial charge in [-0.05, 0) is 87.7 Å². The van der Waals surface area contributed by atoms with Crippen LogP contribution in [0, 0.1) is 0 Å². The Morgan fingerprint density at radius 3 is 2.06 bits per heavy atom. The average molecular weight is 638 g/mol. The molecule has 0 saturated carbocycles. The molecule has 0 radical (unpaired) electrons. The Bertz CT molecular complexity index is 2920. The lowest BCUT2D eigenvalue weighted by Crippen LogP contribution is -2.13. The number of imidazole rings is 1. The highest BCUT2D eigenvalue weighted by molar-refractivity contribution is 6.13. The molecule has 0 fully saturated rings. The molecule has 0 amide bonds. The fourth-order valence-electron chi connectivity index (χ4n) is 8.68. The fourth-order valence-corrected chi connectivity index (χ4v) is 8.68. The average Bonchev–Trinajstić information content (AvgIpc) is 3.74. The summed E-state index contributed by atoms with van der Waals surface area (Å²) >= 11 is 0. The lowest BCUT2D eigenvalue weighted by Gasteiger charge is -2.29. The third-order valence-electron chi connectivity index (χ3n) is 10.9. The second kappa shape index (κ2) is 10.5. The summed E-state index contributed by atoms with van der Waals surface area (Å²) in [7, 11) is 0. The first kappa shape index (κ1) is 27.5. The molecule has 3 heteroatoms. The van der Waals surface area contributed by atoms with Gasteiger partial charge in [0.15, 0.2) is 0 Å². The van der Waals surface area contributed by atoms with Gasteiger partial charge < -0.3 is 4.57 Å². The highest BCUT2D eigenvalue weighted by Crippen LogP contribution is 2.45. The first-order valence-electron chi connectivity index (χ1n) is 17.4. The van der Waals surface area contributed by atoms with Gasteiger partial charge in [-0.15, -0.1) is 0 Å². The van der Waals surface area contributed by atoms with Crippen molar-refractivity contribution in [2.75, 3.05) is 0 Å². The molecule has 3 nitrogen and oxygen atoms in total. The number of para-hydroxylation sites is 2. The maximum absolute atomic E-state index is 5.21. The molecule has 50 heavy (non-hydrogen) atoms. The van der Waals surface area contributed by atoms with Crippen molar-refractivity contribution in [2.24, 2.45) is 0 Å². The Balaban J connectivity index is 1.26. The van der Waals surface area contributed by atoms with Crippen molar-refractivity contribution in [3.63, 3.8) is 0 Å². The summed E-state index contributed by atoms with van der Waals surface area (Å²) in [4.78, 5) is 5.21. The van der Waals surface area contributed by atoms with Gasteiger partial charge in [-0.25, -0.2) is 4.98 Å². The molecule has 1 atom stereocenters. The van der Waals surface area contributed by atoms with Crippen molar-refractivity contribution in [1.82, 2.24) is 14.0 Å². The minimum Gasteiger partial charge on any atom is -0.309 e.